The molecule has 2 atom stereocenters. The van der Waals surface area contributed by atoms with Gasteiger partial charge in [-0.05, 0) is 44.2 Å². The monoisotopic (exact) mass is 278 g/mol. The molecule has 1 aromatic heterocycles. The van der Waals surface area contributed by atoms with Crippen LogP contribution in [0, 0.1) is 11.8 Å². The molecule has 104 valence electrons. The normalized spacial score (nSPS) is 28.7. The van der Waals surface area contributed by atoms with Crippen LogP contribution in [0.4, 0.5) is 0 Å². The van der Waals surface area contributed by atoms with Crippen LogP contribution in [0.3, 0.4) is 0 Å². The average Bonchev–Trinajstić information content (AvgIpc) is 3.06. The summed E-state index contributed by atoms with van der Waals surface area (Å²) in [5, 5.41) is 3.46. The Morgan fingerprint density at radius 1 is 1.47 bits per heavy atom. The van der Waals surface area contributed by atoms with Crippen LogP contribution in [0.1, 0.15) is 35.3 Å². The summed E-state index contributed by atoms with van der Waals surface area (Å²) in [6.07, 6.45) is 1.01. The summed E-state index contributed by atoms with van der Waals surface area (Å²) in [5.74, 6) is 1.45. The van der Waals surface area contributed by atoms with E-state index in [2.05, 4.69) is 37.1 Å². The predicted octanol–water partition coefficient (Wildman–Crippen LogP) is 2.38. The van der Waals surface area contributed by atoms with Crippen molar-refractivity contribution in [1.82, 2.24) is 10.2 Å². The van der Waals surface area contributed by atoms with Crippen LogP contribution >= 0.6 is 11.3 Å². The molecule has 0 radical (unpaired) electrons. The SMILES string of the molecule is CCc1ccc(C(=O)N2CC3CNCC3C2(C)C)s1. The fourth-order valence-electron chi connectivity index (χ4n) is 3.58. The third-order valence-electron chi connectivity index (χ3n) is 4.83. The van der Waals surface area contributed by atoms with Gasteiger partial charge < -0.3 is 10.2 Å². The third kappa shape index (κ3) is 2.01. The maximum atomic E-state index is 12.7. The molecule has 2 saturated heterocycles. The largest absolute Gasteiger partial charge is 0.332 e. The van der Waals surface area contributed by atoms with E-state index in [0.29, 0.717) is 11.8 Å². The van der Waals surface area contributed by atoms with Gasteiger partial charge in [-0.25, -0.2) is 0 Å². The second kappa shape index (κ2) is 4.60. The Hall–Kier alpha value is -0.870. The summed E-state index contributed by atoms with van der Waals surface area (Å²) in [7, 11) is 0. The number of hydrogen-bond donors (Lipinski definition) is 1. The van der Waals surface area contributed by atoms with E-state index in [1.165, 1.54) is 4.88 Å². The first kappa shape index (κ1) is 13.1. The number of carbonyl (C=O) groups excluding carboxylic acids is 1. The Balaban J connectivity index is 1.84. The van der Waals surface area contributed by atoms with Gasteiger partial charge >= 0.3 is 0 Å². The molecular weight excluding hydrogens is 256 g/mol. The summed E-state index contributed by atoms with van der Waals surface area (Å²) >= 11 is 1.65. The number of likely N-dealkylation sites (tertiary alicyclic amines) is 1. The van der Waals surface area contributed by atoms with Crippen molar-refractivity contribution >= 4 is 17.2 Å². The lowest BCUT2D eigenvalue weighted by Gasteiger charge is -2.35. The number of aryl methyl sites for hydroxylation is 1. The zero-order valence-electron chi connectivity index (χ0n) is 11.9. The number of fused-ring (bicyclic) bond motifs is 1. The summed E-state index contributed by atoms with van der Waals surface area (Å²) in [5.41, 5.74) is -0.0262. The minimum absolute atomic E-state index is 0.0262. The number of nitrogens with zero attached hydrogens (tertiary/aromatic N) is 1. The molecule has 1 N–H and O–H groups in total. The quantitative estimate of drug-likeness (QED) is 0.901. The van der Waals surface area contributed by atoms with E-state index in [0.717, 1.165) is 30.9 Å². The highest BCUT2D eigenvalue weighted by atomic mass is 32.1. The van der Waals surface area contributed by atoms with Crippen LogP contribution in [0.5, 0.6) is 0 Å². The van der Waals surface area contributed by atoms with Crippen molar-refractivity contribution in [1.29, 1.82) is 0 Å². The molecule has 19 heavy (non-hydrogen) atoms. The Morgan fingerprint density at radius 2 is 2.26 bits per heavy atom. The number of rotatable bonds is 2. The third-order valence-corrected chi connectivity index (χ3v) is 6.04. The summed E-state index contributed by atoms with van der Waals surface area (Å²) in [6.45, 7) is 9.58. The number of nitrogens with one attached hydrogen (secondary N) is 1. The van der Waals surface area contributed by atoms with Gasteiger partial charge in [0.05, 0.1) is 4.88 Å². The number of amides is 1. The van der Waals surface area contributed by atoms with Gasteiger partial charge in [-0.2, -0.15) is 0 Å². The van der Waals surface area contributed by atoms with Crippen molar-refractivity contribution in [2.24, 2.45) is 11.8 Å². The maximum Gasteiger partial charge on any atom is 0.264 e. The second-order valence-corrected chi connectivity index (χ2v) is 7.38. The molecule has 3 rings (SSSR count). The van der Waals surface area contributed by atoms with Gasteiger partial charge in [-0.1, -0.05) is 6.92 Å². The Bertz CT molecular complexity index is 494. The van der Waals surface area contributed by atoms with Crippen molar-refractivity contribution in [2.75, 3.05) is 19.6 Å². The van der Waals surface area contributed by atoms with Crippen LogP contribution in [0.25, 0.3) is 0 Å². The summed E-state index contributed by atoms with van der Waals surface area (Å²) in [4.78, 5) is 17.0. The molecule has 2 fully saturated rings. The molecule has 0 aromatic carbocycles. The molecule has 2 aliphatic rings. The first-order valence-corrected chi connectivity index (χ1v) is 7.97. The predicted molar refractivity (Wildman–Crippen MR) is 78.7 cm³/mol. The summed E-state index contributed by atoms with van der Waals surface area (Å²) < 4.78 is 0. The highest BCUT2D eigenvalue weighted by molar-refractivity contribution is 7.14. The molecule has 4 heteroatoms. The lowest BCUT2D eigenvalue weighted by atomic mass is 9.85. The van der Waals surface area contributed by atoms with Gasteiger partial charge in [0.15, 0.2) is 0 Å². The molecule has 0 saturated carbocycles. The maximum absolute atomic E-state index is 12.7. The Kier molecular flexibility index (Phi) is 3.18. The molecule has 2 unspecified atom stereocenters. The van der Waals surface area contributed by atoms with E-state index in [9.17, 15) is 4.79 Å². The highest BCUT2D eigenvalue weighted by Gasteiger charge is 2.51. The van der Waals surface area contributed by atoms with Gasteiger partial charge in [0, 0.05) is 30.1 Å². The van der Waals surface area contributed by atoms with Crippen LogP contribution in [0.15, 0.2) is 12.1 Å². The lowest BCUT2D eigenvalue weighted by Crippen LogP contribution is -2.47. The van der Waals surface area contributed by atoms with Gasteiger partial charge in [-0.3, -0.25) is 4.79 Å². The van der Waals surface area contributed by atoms with Gasteiger partial charge in [0.1, 0.15) is 0 Å². The number of carbonyl (C=O) groups is 1. The molecule has 0 spiro atoms. The zero-order valence-corrected chi connectivity index (χ0v) is 12.7. The van der Waals surface area contributed by atoms with Crippen molar-refractivity contribution < 1.29 is 4.79 Å². The second-order valence-electron chi connectivity index (χ2n) is 6.21. The molecular formula is C15H22N2OS. The molecule has 0 bridgehead atoms. The van der Waals surface area contributed by atoms with Crippen molar-refractivity contribution in [3.05, 3.63) is 21.9 Å². The van der Waals surface area contributed by atoms with Gasteiger partial charge in [-0.15, -0.1) is 11.3 Å². The first-order valence-electron chi connectivity index (χ1n) is 7.15. The van der Waals surface area contributed by atoms with Crippen LogP contribution < -0.4 is 5.32 Å². The molecule has 0 aliphatic carbocycles. The van der Waals surface area contributed by atoms with E-state index in [-0.39, 0.29) is 11.4 Å². The first-order chi connectivity index (χ1) is 9.04. The van der Waals surface area contributed by atoms with E-state index >= 15 is 0 Å². The minimum atomic E-state index is -0.0262. The highest BCUT2D eigenvalue weighted by Crippen LogP contribution is 2.41. The molecule has 3 nitrogen and oxygen atoms in total. The van der Waals surface area contributed by atoms with Crippen molar-refractivity contribution in [3.63, 3.8) is 0 Å². The lowest BCUT2D eigenvalue weighted by molar-refractivity contribution is 0.0608. The van der Waals surface area contributed by atoms with Gasteiger partial charge in [0.25, 0.3) is 5.91 Å². The summed E-state index contributed by atoms with van der Waals surface area (Å²) in [6, 6.07) is 4.08. The fraction of sp³-hybridized carbons (Fsp3) is 0.667. The van der Waals surface area contributed by atoms with Crippen molar-refractivity contribution in [2.45, 2.75) is 32.7 Å². The molecule has 3 heterocycles. The van der Waals surface area contributed by atoms with Crippen LogP contribution in [-0.2, 0) is 6.42 Å². The average molecular weight is 278 g/mol. The number of hydrogen-bond acceptors (Lipinski definition) is 3. The molecule has 1 amide bonds. The van der Waals surface area contributed by atoms with Gasteiger partial charge in [0.2, 0.25) is 0 Å². The smallest absolute Gasteiger partial charge is 0.264 e. The number of thiophene rings is 1. The fourth-order valence-corrected chi connectivity index (χ4v) is 4.48. The topological polar surface area (TPSA) is 32.3 Å². The van der Waals surface area contributed by atoms with E-state index < -0.39 is 0 Å². The van der Waals surface area contributed by atoms with Crippen LogP contribution in [0.2, 0.25) is 0 Å². The Labute approximate surface area is 119 Å². The molecule has 2 aliphatic heterocycles. The van der Waals surface area contributed by atoms with E-state index in [1.807, 2.05) is 6.07 Å². The zero-order chi connectivity index (χ0) is 13.6. The van der Waals surface area contributed by atoms with Crippen molar-refractivity contribution in [3.8, 4) is 0 Å². The molecule has 1 aromatic rings. The van der Waals surface area contributed by atoms with E-state index in [1.54, 1.807) is 11.3 Å². The Morgan fingerprint density at radius 3 is 2.89 bits per heavy atom. The minimum Gasteiger partial charge on any atom is -0.332 e. The van der Waals surface area contributed by atoms with Crippen LogP contribution in [-0.4, -0.2) is 36.0 Å². The van der Waals surface area contributed by atoms with E-state index in [4.69, 9.17) is 0 Å². The standard InChI is InChI=1S/C15H22N2OS/c1-4-11-5-6-13(19-11)14(18)17-9-10-7-16-8-12(10)15(17,2)3/h5-6,10,12,16H,4,7-9H2,1-3H3.